The highest BCUT2D eigenvalue weighted by Crippen LogP contribution is 2.30. The maximum atomic E-state index is 12.9. The molecule has 29 heavy (non-hydrogen) atoms. The third-order valence-electron chi connectivity index (χ3n) is 5.93. The molecule has 3 aliphatic rings. The molecule has 5 rings (SSSR count). The SMILES string of the molecule is O=C(NC1Cc2ccccc2C1)c1cnc2c(c1)N(CC1CCCO1)C(=O)CN2. The molecule has 1 aromatic heterocycles. The van der Waals surface area contributed by atoms with Gasteiger partial charge in [0.2, 0.25) is 5.91 Å². The molecule has 2 aliphatic heterocycles. The lowest BCUT2D eigenvalue weighted by atomic mass is 10.1. The Labute approximate surface area is 169 Å². The molecule has 0 bridgehead atoms. The Kier molecular flexibility index (Phi) is 4.67. The van der Waals surface area contributed by atoms with Crippen LogP contribution in [0.25, 0.3) is 0 Å². The summed E-state index contributed by atoms with van der Waals surface area (Å²) in [6.45, 7) is 1.44. The molecule has 7 nitrogen and oxygen atoms in total. The number of carbonyl (C=O) groups is 2. The number of nitrogens with zero attached hydrogens (tertiary/aromatic N) is 2. The predicted molar refractivity (Wildman–Crippen MR) is 109 cm³/mol. The zero-order valence-corrected chi connectivity index (χ0v) is 16.2. The van der Waals surface area contributed by atoms with E-state index in [1.807, 2.05) is 12.1 Å². The van der Waals surface area contributed by atoms with E-state index in [0.29, 0.717) is 23.6 Å². The maximum absolute atomic E-state index is 12.9. The Morgan fingerprint density at radius 2 is 2.07 bits per heavy atom. The van der Waals surface area contributed by atoms with Crippen molar-refractivity contribution in [3.8, 4) is 0 Å². The van der Waals surface area contributed by atoms with Crippen LogP contribution in [0.2, 0.25) is 0 Å². The molecule has 150 valence electrons. The van der Waals surface area contributed by atoms with Gasteiger partial charge in [0.1, 0.15) is 5.82 Å². The number of aromatic nitrogens is 1. The van der Waals surface area contributed by atoms with E-state index in [1.165, 1.54) is 11.1 Å². The standard InChI is InChI=1S/C22H24N4O3/c27-20-12-24-21-19(26(20)13-18-6-3-7-29-18)10-16(11-23-21)22(28)25-17-8-14-4-1-2-5-15(14)9-17/h1-2,4-5,10-11,17-18H,3,6-9,12-13H2,(H,23,24)(H,25,28). The Balaban J connectivity index is 1.33. The average Bonchev–Trinajstić information content (AvgIpc) is 3.38. The first-order valence-electron chi connectivity index (χ1n) is 10.2. The zero-order valence-electron chi connectivity index (χ0n) is 16.2. The molecule has 2 aromatic rings. The highest BCUT2D eigenvalue weighted by molar-refractivity contribution is 6.04. The second kappa shape index (κ2) is 7.48. The Morgan fingerprint density at radius 1 is 1.28 bits per heavy atom. The molecule has 1 unspecified atom stereocenters. The minimum Gasteiger partial charge on any atom is -0.376 e. The number of pyridine rings is 1. The van der Waals surface area contributed by atoms with E-state index in [-0.39, 0.29) is 30.5 Å². The van der Waals surface area contributed by atoms with E-state index < -0.39 is 0 Å². The van der Waals surface area contributed by atoms with Gasteiger partial charge in [-0.15, -0.1) is 0 Å². The molecule has 1 aromatic carbocycles. The molecule has 1 atom stereocenters. The van der Waals surface area contributed by atoms with E-state index in [2.05, 4.69) is 27.8 Å². The summed E-state index contributed by atoms with van der Waals surface area (Å²) in [4.78, 5) is 31.5. The molecule has 1 saturated heterocycles. The van der Waals surface area contributed by atoms with Crippen LogP contribution in [0, 0.1) is 0 Å². The second-order valence-corrected chi connectivity index (χ2v) is 7.93. The normalized spacial score (nSPS) is 20.9. The molecule has 1 fully saturated rings. The molecule has 0 spiro atoms. The lowest BCUT2D eigenvalue weighted by Crippen LogP contribution is -2.44. The van der Waals surface area contributed by atoms with Crippen LogP contribution in [0.3, 0.4) is 0 Å². The number of ether oxygens (including phenoxy) is 1. The van der Waals surface area contributed by atoms with Crippen LogP contribution >= 0.6 is 0 Å². The summed E-state index contributed by atoms with van der Waals surface area (Å²) < 4.78 is 5.70. The van der Waals surface area contributed by atoms with E-state index in [0.717, 1.165) is 32.3 Å². The monoisotopic (exact) mass is 392 g/mol. The Hall–Kier alpha value is -2.93. The van der Waals surface area contributed by atoms with E-state index in [1.54, 1.807) is 17.2 Å². The summed E-state index contributed by atoms with van der Waals surface area (Å²) in [6.07, 6.45) is 5.25. The van der Waals surface area contributed by atoms with Gasteiger partial charge in [0.05, 0.1) is 30.4 Å². The minimum atomic E-state index is -0.159. The van der Waals surface area contributed by atoms with Crippen molar-refractivity contribution < 1.29 is 14.3 Å². The number of nitrogens with one attached hydrogen (secondary N) is 2. The summed E-state index contributed by atoms with van der Waals surface area (Å²) in [5.74, 6) is 0.444. The van der Waals surface area contributed by atoms with Crippen LogP contribution < -0.4 is 15.5 Å². The van der Waals surface area contributed by atoms with Gasteiger partial charge in [-0.25, -0.2) is 4.98 Å². The number of rotatable bonds is 4. The zero-order chi connectivity index (χ0) is 19.8. The van der Waals surface area contributed by atoms with Crippen molar-refractivity contribution in [1.29, 1.82) is 0 Å². The smallest absolute Gasteiger partial charge is 0.253 e. The summed E-state index contributed by atoms with van der Waals surface area (Å²) in [7, 11) is 0. The lowest BCUT2D eigenvalue weighted by molar-refractivity contribution is -0.117. The van der Waals surface area contributed by atoms with E-state index >= 15 is 0 Å². The van der Waals surface area contributed by atoms with Crippen LogP contribution in [-0.2, 0) is 22.4 Å². The van der Waals surface area contributed by atoms with Gasteiger partial charge in [0.15, 0.2) is 0 Å². The van der Waals surface area contributed by atoms with Crippen LogP contribution in [0.1, 0.15) is 34.3 Å². The van der Waals surface area contributed by atoms with E-state index in [4.69, 9.17) is 4.74 Å². The van der Waals surface area contributed by atoms with Crippen molar-refractivity contribution in [1.82, 2.24) is 10.3 Å². The summed E-state index contributed by atoms with van der Waals surface area (Å²) in [5.41, 5.74) is 3.70. The summed E-state index contributed by atoms with van der Waals surface area (Å²) in [6, 6.07) is 10.1. The molecule has 3 heterocycles. The third-order valence-corrected chi connectivity index (χ3v) is 5.93. The number of anilines is 2. The summed E-state index contributed by atoms with van der Waals surface area (Å²) >= 11 is 0. The van der Waals surface area contributed by atoms with Crippen molar-refractivity contribution in [3.63, 3.8) is 0 Å². The molecule has 0 radical (unpaired) electrons. The summed E-state index contributed by atoms with van der Waals surface area (Å²) in [5, 5.41) is 6.16. The minimum absolute atomic E-state index is 0.0291. The first-order chi connectivity index (χ1) is 14.2. The fourth-order valence-electron chi connectivity index (χ4n) is 4.43. The molecule has 1 aliphatic carbocycles. The first kappa shape index (κ1) is 18.1. The highest BCUT2D eigenvalue weighted by atomic mass is 16.5. The Bertz CT molecular complexity index is 930. The molecule has 2 amide bonds. The van der Waals surface area contributed by atoms with E-state index in [9.17, 15) is 9.59 Å². The van der Waals surface area contributed by atoms with Gasteiger partial charge in [0.25, 0.3) is 5.91 Å². The van der Waals surface area contributed by atoms with Crippen LogP contribution in [0.15, 0.2) is 36.5 Å². The fourth-order valence-corrected chi connectivity index (χ4v) is 4.43. The van der Waals surface area contributed by atoms with Crippen molar-refractivity contribution in [2.45, 2.75) is 37.8 Å². The number of amides is 2. The van der Waals surface area contributed by atoms with Crippen molar-refractivity contribution in [3.05, 3.63) is 53.2 Å². The number of fused-ring (bicyclic) bond motifs is 2. The number of hydrogen-bond acceptors (Lipinski definition) is 5. The topological polar surface area (TPSA) is 83.6 Å². The van der Waals surface area contributed by atoms with Crippen LogP contribution in [0.5, 0.6) is 0 Å². The molecule has 7 heteroatoms. The average molecular weight is 392 g/mol. The van der Waals surface area contributed by atoms with Crippen molar-refractivity contribution in [2.75, 3.05) is 29.9 Å². The molecular weight excluding hydrogens is 368 g/mol. The van der Waals surface area contributed by atoms with Crippen LogP contribution in [-0.4, -0.2) is 48.6 Å². The first-order valence-corrected chi connectivity index (χ1v) is 10.2. The number of hydrogen-bond donors (Lipinski definition) is 2. The Morgan fingerprint density at radius 3 is 2.79 bits per heavy atom. The molecule has 2 N–H and O–H groups in total. The van der Waals surface area contributed by atoms with Gasteiger partial charge in [0, 0.05) is 18.8 Å². The lowest BCUT2D eigenvalue weighted by Gasteiger charge is -2.31. The largest absolute Gasteiger partial charge is 0.376 e. The fraction of sp³-hybridized carbons (Fsp3) is 0.409. The van der Waals surface area contributed by atoms with Crippen molar-refractivity contribution >= 4 is 23.3 Å². The number of carbonyl (C=O) groups excluding carboxylic acids is 2. The predicted octanol–water partition coefficient (Wildman–Crippen LogP) is 1.92. The van der Waals surface area contributed by atoms with Crippen molar-refractivity contribution in [2.24, 2.45) is 0 Å². The highest BCUT2D eigenvalue weighted by Gasteiger charge is 2.30. The van der Waals surface area contributed by atoms with Gasteiger partial charge in [-0.3, -0.25) is 9.59 Å². The quantitative estimate of drug-likeness (QED) is 0.831. The molecule has 0 saturated carbocycles. The van der Waals surface area contributed by atoms with Gasteiger partial charge >= 0.3 is 0 Å². The van der Waals surface area contributed by atoms with Gasteiger partial charge in [-0.05, 0) is 42.9 Å². The maximum Gasteiger partial charge on any atom is 0.253 e. The van der Waals surface area contributed by atoms with Gasteiger partial charge in [-0.2, -0.15) is 0 Å². The molecular formula is C22H24N4O3. The van der Waals surface area contributed by atoms with Gasteiger partial charge < -0.3 is 20.3 Å². The second-order valence-electron chi connectivity index (χ2n) is 7.93. The number of benzene rings is 1. The van der Waals surface area contributed by atoms with Crippen LogP contribution in [0.4, 0.5) is 11.5 Å². The third kappa shape index (κ3) is 3.58. The van der Waals surface area contributed by atoms with Gasteiger partial charge in [-0.1, -0.05) is 24.3 Å².